The van der Waals surface area contributed by atoms with E-state index in [4.69, 9.17) is 25.5 Å². The Labute approximate surface area is 159 Å². The number of rotatable bonds is 6. The lowest BCUT2D eigenvalue weighted by Crippen LogP contribution is -2.22. The summed E-state index contributed by atoms with van der Waals surface area (Å²) in [4.78, 5) is 16.8. The number of benzene rings is 1. The Hall–Kier alpha value is -2.51. The van der Waals surface area contributed by atoms with E-state index in [1.54, 1.807) is 17.4 Å². The smallest absolute Gasteiger partial charge is 0.251 e. The number of thiazole rings is 1. The number of nitrogens with zero attached hydrogens (tertiary/aromatic N) is 1. The van der Waals surface area contributed by atoms with Gasteiger partial charge in [0.15, 0.2) is 17.3 Å². The third kappa shape index (κ3) is 3.84. The van der Waals surface area contributed by atoms with Crippen LogP contribution in [0.15, 0.2) is 34.1 Å². The quantitative estimate of drug-likeness (QED) is 0.676. The van der Waals surface area contributed by atoms with Crippen LogP contribution in [0.3, 0.4) is 0 Å². The summed E-state index contributed by atoms with van der Waals surface area (Å²) in [6, 6.07) is 6.75. The molecule has 0 aliphatic heterocycles. The molecule has 1 N–H and O–H groups in total. The van der Waals surface area contributed by atoms with Crippen LogP contribution in [0, 0.1) is 6.92 Å². The van der Waals surface area contributed by atoms with Crippen LogP contribution in [0.4, 0.5) is 0 Å². The molecular weight excluding hydrogens is 376 g/mol. The molecule has 0 atom stereocenters. The molecule has 3 rings (SSSR count). The first-order valence-electron chi connectivity index (χ1n) is 7.72. The molecule has 2 aromatic heterocycles. The van der Waals surface area contributed by atoms with E-state index < -0.39 is 0 Å². The van der Waals surface area contributed by atoms with Crippen molar-refractivity contribution in [2.45, 2.75) is 13.5 Å². The van der Waals surface area contributed by atoms with Gasteiger partial charge in [-0.3, -0.25) is 4.79 Å². The number of ether oxygens (including phenoxy) is 2. The maximum absolute atomic E-state index is 12.4. The summed E-state index contributed by atoms with van der Waals surface area (Å²) in [5, 5.41) is 6.00. The van der Waals surface area contributed by atoms with Crippen molar-refractivity contribution in [1.82, 2.24) is 10.3 Å². The summed E-state index contributed by atoms with van der Waals surface area (Å²) >= 11 is 7.69. The van der Waals surface area contributed by atoms with Gasteiger partial charge in [-0.1, -0.05) is 11.6 Å². The van der Waals surface area contributed by atoms with Crippen molar-refractivity contribution >= 4 is 28.8 Å². The van der Waals surface area contributed by atoms with Crippen molar-refractivity contribution in [3.05, 3.63) is 51.0 Å². The molecule has 0 saturated heterocycles. The first-order chi connectivity index (χ1) is 12.5. The highest BCUT2D eigenvalue weighted by Gasteiger charge is 2.16. The summed E-state index contributed by atoms with van der Waals surface area (Å²) in [5.41, 5.74) is 1.16. The largest absolute Gasteiger partial charge is 0.493 e. The van der Waals surface area contributed by atoms with Gasteiger partial charge in [-0.25, -0.2) is 4.98 Å². The van der Waals surface area contributed by atoms with E-state index in [9.17, 15) is 4.79 Å². The molecule has 0 aliphatic rings. The Morgan fingerprint density at radius 2 is 2.12 bits per heavy atom. The van der Waals surface area contributed by atoms with Crippen molar-refractivity contribution < 1.29 is 18.7 Å². The third-order valence-electron chi connectivity index (χ3n) is 3.65. The van der Waals surface area contributed by atoms with E-state index in [1.165, 1.54) is 20.3 Å². The second-order valence-corrected chi connectivity index (χ2v) is 6.86. The summed E-state index contributed by atoms with van der Waals surface area (Å²) < 4.78 is 16.1. The molecule has 8 heteroatoms. The number of amides is 1. The highest BCUT2D eigenvalue weighted by atomic mass is 35.5. The normalized spacial score (nSPS) is 10.6. The first kappa shape index (κ1) is 18.3. The Morgan fingerprint density at radius 1 is 1.31 bits per heavy atom. The summed E-state index contributed by atoms with van der Waals surface area (Å²) in [7, 11) is 2.97. The van der Waals surface area contributed by atoms with Gasteiger partial charge in [0.1, 0.15) is 11.5 Å². The van der Waals surface area contributed by atoms with Crippen LogP contribution < -0.4 is 14.8 Å². The van der Waals surface area contributed by atoms with E-state index >= 15 is 0 Å². The number of furan rings is 1. The molecule has 0 saturated carbocycles. The van der Waals surface area contributed by atoms with Gasteiger partial charge in [0.05, 0.1) is 30.8 Å². The highest BCUT2D eigenvalue weighted by molar-refractivity contribution is 7.09. The topological polar surface area (TPSA) is 73.6 Å². The standard InChI is InChI=1S/C18H17ClN2O4S/c1-10-21-14(9-26-10)15-5-4-12(25-15)8-20-18(22)11-6-13(19)17(24-3)16(7-11)23-2/h4-7,9H,8H2,1-3H3,(H,20,22). The number of hydrogen-bond acceptors (Lipinski definition) is 6. The first-order valence-corrected chi connectivity index (χ1v) is 8.98. The zero-order valence-corrected chi connectivity index (χ0v) is 16.0. The number of methoxy groups -OCH3 is 2. The predicted octanol–water partition coefficient (Wildman–Crippen LogP) is 4.31. The lowest BCUT2D eigenvalue weighted by Gasteiger charge is -2.11. The van der Waals surface area contributed by atoms with Crippen LogP contribution >= 0.6 is 22.9 Å². The van der Waals surface area contributed by atoms with Gasteiger partial charge < -0.3 is 19.2 Å². The molecule has 0 unspecified atom stereocenters. The Kier molecular flexibility index (Phi) is 5.49. The van der Waals surface area contributed by atoms with Crippen molar-refractivity contribution in [3.63, 3.8) is 0 Å². The fourth-order valence-corrected chi connectivity index (χ4v) is 3.30. The van der Waals surface area contributed by atoms with Crippen LogP contribution in [-0.4, -0.2) is 25.1 Å². The van der Waals surface area contributed by atoms with E-state index in [2.05, 4.69) is 10.3 Å². The lowest BCUT2D eigenvalue weighted by atomic mass is 10.2. The maximum atomic E-state index is 12.4. The molecule has 26 heavy (non-hydrogen) atoms. The summed E-state index contributed by atoms with van der Waals surface area (Å²) in [5.74, 6) is 1.79. The third-order valence-corrected chi connectivity index (χ3v) is 4.71. The minimum Gasteiger partial charge on any atom is -0.493 e. The van der Waals surface area contributed by atoms with Crippen LogP contribution in [0.25, 0.3) is 11.5 Å². The van der Waals surface area contributed by atoms with Crippen molar-refractivity contribution in [2.75, 3.05) is 14.2 Å². The number of aromatic nitrogens is 1. The molecule has 6 nitrogen and oxygen atoms in total. The summed E-state index contributed by atoms with van der Waals surface area (Å²) in [6.07, 6.45) is 0. The second-order valence-electron chi connectivity index (χ2n) is 5.39. The van der Waals surface area contributed by atoms with Crippen LogP contribution in [0.1, 0.15) is 21.1 Å². The molecule has 0 bridgehead atoms. The molecule has 0 fully saturated rings. The van der Waals surface area contributed by atoms with Crippen LogP contribution in [0.2, 0.25) is 5.02 Å². The van der Waals surface area contributed by atoms with Gasteiger partial charge in [-0.15, -0.1) is 11.3 Å². The molecule has 0 spiro atoms. The van der Waals surface area contributed by atoms with Crippen molar-refractivity contribution in [2.24, 2.45) is 0 Å². The molecule has 2 heterocycles. The van der Waals surface area contributed by atoms with E-state index in [0.29, 0.717) is 33.6 Å². The number of halogens is 1. The van der Waals surface area contributed by atoms with Crippen LogP contribution in [0.5, 0.6) is 11.5 Å². The van der Waals surface area contributed by atoms with Gasteiger partial charge in [-0.05, 0) is 31.2 Å². The minimum absolute atomic E-state index is 0.244. The van der Waals surface area contributed by atoms with Crippen molar-refractivity contribution in [3.8, 4) is 23.0 Å². The Bertz CT molecular complexity index is 935. The Morgan fingerprint density at radius 3 is 2.77 bits per heavy atom. The van der Waals surface area contributed by atoms with E-state index in [1.807, 2.05) is 24.4 Å². The zero-order valence-electron chi connectivity index (χ0n) is 14.5. The fourth-order valence-electron chi connectivity index (χ4n) is 2.41. The van der Waals surface area contributed by atoms with E-state index in [-0.39, 0.29) is 12.5 Å². The predicted molar refractivity (Wildman–Crippen MR) is 100 cm³/mol. The Balaban J connectivity index is 1.69. The van der Waals surface area contributed by atoms with E-state index in [0.717, 1.165) is 10.7 Å². The molecule has 0 radical (unpaired) electrons. The van der Waals surface area contributed by atoms with Crippen molar-refractivity contribution in [1.29, 1.82) is 0 Å². The zero-order chi connectivity index (χ0) is 18.7. The number of nitrogens with one attached hydrogen (secondary N) is 1. The molecular formula is C18H17ClN2O4S. The maximum Gasteiger partial charge on any atom is 0.251 e. The monoisotopic (exact) mass is 392 g/mol. The van der Waals surface area contributed by atoms with Gasteiger partial charge in [0, 0.05) is 10.9 Å². The van der Waals surface area contributed by atoms with Gasteiger partial charge in [-0.2, -0.15) is 0 Å². The minimum atomic E-state index is -0.296. The van der Waals surface area contributed by atoms with Crippen LogP contribution in [-0.2, 0) is 6.54 Å². The van der Waals surface area contributed by atoms with Gasteiger partial charge in [0.25, 0.3) is 5.91 Å². The molecule has 1 amide bonds. The lowest BCUT2D eigenvalue weighted by molar-refractivity contribution is 0.0947. The molecule has 1 aromatic carbocycles. The average Bonchev–Trinajstić information content (AvgIpc) is 3.27. The number of hydrogen-bond donors (Lipinski definition) is 1. The second kappa shape index (κ2) is 7.80. The van der Waals surface area contributed by atoms with Gasteiger partial charge >= 0.3 is 0 Å². The van der Waals surface area contributed by atoms with Gasteiger partial charge in [0.2, 0.25) is 0 Å². The fraction of sp³-hybridized carbons (Fsp3) is 0.222. The molecule has 3 aromatic rings. The SMILES string of the molecule is COc1cc(C(=O)NCc2ccc(-c3csc(C)n3)o2)cc(Cl)c1OC. The number of carbonyl (C=O) groups excluding carboxylic acids is 1. The number of carbonyl (C=O) groups is 1. The molecule has 136 valence electrons. The summed E-state index contributed by atoms with van der Waals surface area (Å²) in [6.45, 7) is 2.18. The highest BCUT2D eigenvalue weighted by Crippen LogP contribution is 2.36. The number of aryl methyl sites for hydroxylation is 1. The molecule has 0 aliphatic carbocycles. The average molecular weight is 393 g/mol.